The number of fused-ring (bicyclic) bond motifs is 3. The van der Waals surface area contributed by atoms with Gasteiger partial charge in [-0.15, -0.1) is 0 Å². The summed E-state index contributed by atoms with van der Waals surface area (Å²) in [6.45, 7) is 2.99. The Morgan fingerprint density at radius 3 is 3.00 bits per heavy atom. The number of nitrogens with zero attached hydrogens (tertiary/aromatic N) is 1. The Labute approximate surface area is 117 Å². The molecule has 2 heterocycles. The Morgan fingerprint density at radius 1 is 1.50 bits per heavy atom. The van der Waals surface area contributed by atoms with Crippen molar-refractivity contribution >= 4 is 17.3 Å². The smallest absolute Gasteiger partial charge is 0.247 e. The molecule has 3 rings (SSSR count). The molecule has 0 bridgehead atoms. The number of rotatable bonds is 2. The second-order valence-corrected chi connectivity index (χ2v) is 5.50. The Bertz CT molecular complexity index is 547. The van der Waals surface area contributed by atoms with E-state index in [0.29, 0.717) is 11.6 Å². The number of anilines is 2. The van der Waals surface area contributed by atoms with Gasteiger partial charge < -0.3 is 15.0 Å². The lowest BCUT2D eigenvalue weighted by atomic mass is 9.87. The number of ether oxygens (including phenoxy) is 1. The molecule has 2 unspecified atom stereocenters. The van der Waals surface area contributed by atoms with Gasteiger partial charge in [-0.3, -0.25) is 4.79 Å². The van der Waals surface area contributed by atoms with Crippen LogP contribution in [0.3, 0.4) is 0 Å². The molecule has 2 aliphatic heterocycles. The second kappa shape index (κ2) is 4.96. The van der Waals surface area contributed by atoms with Crippen LogP contribution in [0.15, 0.2) is 12.1 Å². The minimum atomic E-state index is -0.451. The third-order valence-corrected chi connectivity index (χ3v) is 4.43. The van der Waals surface area contributed by atoms with E-state index in [9.17, 15) is 9.18 Å². The molecular formula is C15H19FN2O2. The van der Waals surface area contributed by atoms with Crippen LogP contribution >= 0.6 is 0 Å². The van der Waals surface area contributed by atoms with E-state index in [0.717, 1.165) is 31.5 Å². The summed E-state index contributed by atoms with van der Waals surface area (Å²) in [5.74, 6) is 0.329. The monoisotopic (exact) mass is 278 g/mol. The van der Waals surface area contributed by atoms with E-state index < -0.39 is 5.82 Å². The van der Waals surface area contributed by atoms with Gasteiger partial charge >= 0.3 is 0 Å². The fourth-order valence-corrected chi connectivity index (χ4v) is 3.20. The Kier molecular flexibility index (Phi) is 3.28. The van der Waals surface area contributed by atoms with Gasteiger partial charge in [-0.1, -0.05) is 13.3 Å². The Morgan fingerprint density at radius 2 is 2.30 bits per heavy atom. The molecule has 1 aromatic carbocycles. The topological polar surface area (TPSA) is 41.6 Å². The van der Waals surface area contributed by atoms with Crippen molar-refractivity contribution < 1.29 is 13.9 Å². The summed E-state index contributed by atoms with van der Waals surface area (Å²) in [6, 6.07) is 2.88. The van der Waals surface area contributed by atoms with Crippen molar-refractivity contribution in [3.8, 4) is 5.75 Å². The zero-order valence-corrected chi connectivity index (χ0v) is 11.8. The summed E-state index contributed by atoms with van der Waals surface area (Å²) >= 11 is 0. The molecule has 20 heavy (non-hydrogen) atoms. The van der Waals surface area contributed by atoms with Crippen LogP contribution in [0, 0.1) is 11.7 Å². The van der Waals surface area contributed by atoms with Crippen molar-refractivity contribution in [1.82, 2.24) is 0 Å². The molecule has 108 valence electrons. The molecule has 0 aromatic heterocycles. The van der Waals surface area contributed by atoms with E-state index in [4.69, 9.17) is 4.74 Å². The van der Waals surface area contributed by atoms with Crippen molar-refractivity contribution in [3.63, 3.8) is 0 Å². The highest BCUT2D eigenvalue weighted by Gasteiger charge is 2.38. The molecule has 1 amide bonds. The zero-order valence-electron chi connectivity index (χ0n) is 11.8. The third-order valence-electron chi connectivity index (χ3n) is 4.43. The van der Waals surface area contributed by atoms with E-state index in [-0.39, 0.29) is 17.7 Å². The maximum atomic E-state index is 13.8. The number of benzene rings is 1. The van der Waals surface area contributed by atoms with Crippen LogP contribution in [0.1, 0.15) is 26.2 Å². The minimum absolute atomic E-state index is 0.0276. The lowest BCUT2D eigenvalue weighted by Gasteiger charge is -2.43. The molecule has 0 aliphatic carbocycles. The lowest BCUT2D eigenvalue weighted by molar-refractivity contribution is -0.118. The van der Waals surface area contributed by atoms with Gasteiger partial charge in [-0.25, -0.2) is 4.39 Å². The van der Waals surface area contributed by atoms with Crippen LogP contribution in [-0.2, 0) is 4.79 Å². The van der Waals surface area contributed by atoms with Crippen LogP contribution in [0.2, 0.25) is 0 Å². The highest BCUT2D eigenvalue weighted by atomic mass is 19.1. The molecular weight excluding hydrogens is 259 g/mol. The molecule has 0 spiro atoms. The third kappa shape index (κ3) is 2.01. The van der Waals surface area contributed by atoms with E-state index in [2.05, 4.69) is 17.1 Å². The number of hydrogen-bond donors (Lipinski definition) is 1. The maximum absolute atomic E-state index is 13.8. The summed E-state index contributed by atoms with van der Waals surface area (Å²) < 4.78 is 18.8. The quantitative estimate of drug-likeness (QED) is 0.904. The molecule has 2 aliphatic rings. The predicted molar refractivity (Wildman–Crippen MR) is 75.7 cm³/mol. The molecule has 1 N–H and O–H groups in total. The fourth-order valence-electron chi connectivity index (χ4n) is 3.20. The number of amides is 1. The molecule has 4 nitrogen and oxygen atoms in total. The maximum Gasteiger partial charge on any atom is 0.247 e. The highest BCUT2D eigenvalue weighted by Crippen LogP contribution is 2.40. The summed E-state index contributed by atoms with van der Waals surface area (Å²) in [6.07, 6.45) is 3.03. The van der Waals surface area contributed by atoms with Crippen molar-refractivity contribution in [1.29, 1.82) is 0 Å². The van der Waals surface area contributed by atoms with E-state index in [1.807, 2.05) is 0 Å². The number of hydrogen-bond acceptors (Lipinski definition) is 3. The highest BCUT2D eigenvalue weighted by molar-refractivity contribution is 6.04. The Balaban J connectivity index is 1.99. The second-order valence-electron chi connectivity index (χ2n) is 5.50. The first-order chi connectivity index (χ1) is 9.63. The zero-order chi connectivity index (χ0) is 14.3. The first-order valence-corrected chi connectivity index (χ1v) is 7.09. The molecule has 2 atom stereocenters. The first-order valence-electron chi connectivity index (χ1n) is 7.09. The number of piperidine rings is 1. The summed E-state index contributed by atoms with van der Waals surface area (Å²) in [7, 11) is 1.45. The number of methoxy groups -OCH3 is 1. The van der Waals surface area contributed by atoms with Crippen LogP contribution in [0.4, 0.5) is 15.8 Å². The van der Waals surface area contributed by atoms with Crippen LogP contribution in [0.5, 0.6) is 5.75 Å². The Hall–Kier alpha value is -1.78. The van der Waals surface area contributed by atoms with Crippen molar-refractivity contribution in [2.75, 3.05) is 23.9 Å². The van der Waals surface area contributed by atoms with E-state index in [1.165, 1.54) is 13.2 Å². The molecule has 0 radical (unpaired) electrons. The molecule has 1 saturated heterocycles. The van der Waals surface area contributed by atoms with Crippen LogP contribution in [-0.4, -0.2) is 25.6 Å². The lowest BCUT2D eigenvalue weighted by Crippen LogP contribution is -2.52. The molecule has 1 fully saturated rings. The van der Waals surface area contributed by atoms with Crippen LogP contribution < -0.4 is 15.0 Å². The minimum Gasteiger partial charge on any atom is -0.494 e. The van der Waals surface area contributed by atoms with E-state index >= 15 is 0 Å². The van der Waals surface area contributed by atoms with Gasteiger partial charge in [0, 0.05) is 18.7 Å². The first kappa shape index (κ1) is 13.2. The average molecular weight is 278 g/mol. The van der Waals surface area contributed by atoms with Gasteiger partial charge in [0.15, 0.2) is 11.6 Å². The van der Waals surface area contributed by atoms with Gasteiger partial charge in [0.05, 0.1) is 18.5 Å². The normalized spacial score (nSPS) is 24.8. The largest absolute Gasteiger partial charge is 0.494 e. The number of halogens is 1. The average Bonchev–Trinajstić information content (AvgIpc) is 2.46. The van der Waals surface area contributed by atoms with E-state index in [1.54, 1.807) is 6.07 Å². The van der Waals surface area contributed by atoms with Crippen molar-refractivity contribution in [2.24, 2.45) is 5.92 Å². The SMILES string of the molecule is CCC1CCN2c3cc(OC)c(F)cc3NC(=O)C2C1. The molecule has 5 heteroatoms. The van der Waals surface area contributed by atoms with Crippen molar-refractivity contribution in [3.05, 3.63) is 17.9 Å². The number of nitrogens with one attached hydrogen (secondary N) is 1. The summed E-state index contributed by atoms with van der Waals surface area (Å²) in [4.78, 5) is 14.3. The molecule has 0 saturated carbocycles. The number of carbonyl (C=O) groups excluding carboxylic acids is 1. The van der Waals surface area contributed by atoms with Gasteiger partial charge in [0.2, 0.25) is 5.91 Å². The summed E-state index contributed by atoms with van der Waals surface area (Å²) in [5.41, 5.74) is 1.40. The summed E-state index contributed by atoms with van der Waals surface area (Å²) in [5, 5.41) is 2.82. The van der Waals surface area contributed by atoms with Crippen LogP contribution in [0.25, 0.3) is 0 Å². The predicted octanol–water partition coefficient (Wildman–Crippen LogP) is 2.78. The van der Waals surface area contributed by atoms with Gasteiger partial charge in [0.25, 0.3) is 0 Å². The standard InChI is InChI=1S/C15H19FN2O2/c1-3-9-4-5-18-12-8-14(20-2)10(16)7-11(12)17-15(19)13(18)6-9/h7-9,13H,3-6H2,1-2H3,(H,17,19). The molecule has 1 aromatic rings. The number of carbonyl (C=O) groups is 1. The van der Waals surface area contributed by atoms with Gasteiger partial charge in [0.1, 0.15) is 6.04 Å². The van der Waals surface area contributed by atoms with Gasteiger partial charge in [-0.2, -0.15) is 0 Å². The van der Waals surface area contributed by atoms with Crippen molar-refractivity contribution in [2.45, 2.75) is 32.2 Å². The fraction of sp³-hybridized carbons (Fsp3) is 0.533. The van der Waals surface area contributed by atoms with Gasteiger partial charge in [-0.05, 0) is 18.8 Å².